The van der Waals surface area contributed by atoms with Gasteiger partial charge in [0.2, 0.25) is 5.65 Å². The molecule has 0 aromatic carbocycles. The Kier molecular flexibility index (Phi) is 1.74. The second-order valence-electron chi connectivity index (χ2n) is 2.64. The van der Waals surface area contributed by atoms with Crippen LogP contribution in [0.2, 0.25) is 0 Å². The van der Waals surface area contributed by atoms with Gasteiger partial charge in [0.25, 0.3) is 0 Å². The summed E-state index contributed by atoms with van der Waals surface area (Å²) in [5.41, 5.74) is -0.212. The second-order valence-corrected chi connectivity index (χ2v) is 2.64. The first kappa shape index (κ1) is 8.36. The molecule has 2 aromatic rings. The van der Waals surface area contributed by atoms with E-state index in [-0.39, 0.29) is 16.5 Å². The Morgan fingerprint density at radius 2 is 2.21 bits per heavy atom. The van der Waals surface area contributed by atoms with Crippen molar-refractivity contribution in [1.29, 1.82) is 0 Å². The Bertz CT molecular complexity index is 561. The lowest BCUT2D eigenvalue weighted by atomic mass is 10.3. The molecule has 0 spiro atoms. The third kappa shape index (κ3) is 1.13. The molecule has 6 heteroatoms. The highest BCUT2D eigenvalue weighted by Gasteiger charge is 2.09. The minimum atomic E-state index is -0.630. The average molecular weight is 191 g/mol. The number of fused-ring (bicyclic) bond motifs is 1. The fourth-order valence-electron chi connectivity index (χ4n) is 1.20. The molecule has 0 saturated carbocycles. The molecular formula is C8H5N3O3. The van der Waals surface area contributed by atoms with Crippen LogP contribution in [-0.4, -0.2) is 14.7 Å². The van der Waals surface area contributed by atoms with Gasteiger partial charge in [-0.05, 0) is 12.1 Å². The lowest BCUT2D eigenvalue weighted by molar-refractivity contribution is -0.538. The number of hydrogen-bond donors (Lipinski definition) is 0. The number of aromatic nitrogens is 2. The van der Waals surface area contributed by atoms with E-state index in [9.17, 15) is 14.9 Å². The van der Waals surface area contributed by atoms with Gasteiger partial charge in [0, 0.05) is 12.3 Å². The van der Waals surface area contributed by atoms with Crippen LogP contribution in [0.15, 0.2) is 35.4 Å². The summed E-state index contributed by atoms with van der Waals surface area (Å²) in [4.78, 5) is 25.6. The van der Waals surface area contributed by atoms with Crippen molar-refractivity contribution in [3.63, 3.8) is 0 Å². The van der Waals surface area contributed by atoms with Crippen molar-refractivity contribution in [2.45, 2.75) is 0 Å². The maximum atomic E-state index is 11.3. The first-order chi connectivity index (χ1) is 6.70. The molecule has 0 unspecified atom stereocenters. The zero-order chi connectivity index (χ0) is 10.1. The monoisotopic (exact) mass is 191 g/mol. The smallest absolute Gasteiger partial charge is 0.210 e. The van der Waals surface area contributed by atoms with Crippen LogP contribution in [0.4, 0.5) is 0 Å². The summed E-state index contributed by atoms with van der Waals surface area (Å²) < 4.78 is 0.719. The lowest BCUT2D eigenvalue weighted by Crippen LogP contribution is -2.14. The van der Waals surface area contributed by atoms with E-state index in [1.807, 2.05) is 0 Å². The van der Waals surface area contributed by atoms with E-state index >= 15 is 0 Å². The molecule has 0 bridgehead atoms. The Morgan fingerprint density at radius 3 is 2.93 bits per heavy atom. The molecule has 0 aliphatic carbocycles. The predicted octanol–water partition coefficient (Wildman–Crippen LogP) is 0.436. The summed E-state index contributed by atoms with van der Waals surface area (Å²) in [6.07, 6.45) is 2.50. The zero-order valence-corrected chi connectivity index (χ0v) is 6.95. The van der Waals surface area contributed by atoms with Crippen molar-refractivity contribution in [3.05, 3.63) is 50.9 Å². The molecule has 0 amide bonds. The summed E-state index contributed by atoms with van der Waals surface area (Å²) in [5.74, 6) is 0. The van der Waals surface area contributed by atoms with Gasteiger partial charge >= 0.3 is 0 Å². The number of hydrogen-bond acceptors (Lipinski definition) is 4. The fourth-order valence-corrected chi connectivity index (χ4v) is 1.20. The van der Waals surface area contributed by atoms with Crippen LogP contribution in [0.5, 0.6) is 0 Å². The van der Waals surface area contributed by atoms with E-state index in [0.717, 1.165) is 16.9 Å². The normalized spacial score (nSPS) is 10.3. The van der Waals surface area contributed by atoms with Gasteiger partial charge in [-0.15, -0.1) is 0 Å². The highest BCUT2D eigenvalue weighted by atomic mass is 16.7. The van der Waals surface area contributed by atoms with Crippen LogP contribution >= 0.6 is 0 Å². The van der Waals surface area contributed by atoms with Gasteiger partial charge in [0.05, 0.1) is 11.6 Å². The first-order valence-electron chi connectivity index (χ1n) is 3.81. The predicted molar refractivity (Wildman–Crippen MR) is 48.4 cm³/mol. The molecule has 0 radical (unpaired) electrons. The van der Waals surface area contributed by atoms with Crippen molar-refractivity contribution >= 4 is 11.0 Å². The van der Waals surface area contributed by atoms with E-state index < -0.39 is 5.03 Å². The Morgan fingerprint density at radius 1 is 1.43 bits per heavy atom. The van der Waals surface area contributed by atoms with Crippen LogP contribution in [-0.2, 0) is 0 Å². The molecule has 14 heavy (non-hydrogen) atoms. The first-order valence-corrected chi connectivity index (χ1v) is 3.81. The molecule has 70 valence electrons. The highest BCUT2D eigenvalue weighted by molar-refractivity contribution is 5.73. The second kappa shape index (κ2) is 2.91. The number of pyridine rings is 2. The molecule has 2 aromatic heterocycles. The van der Waals surface area contributed by atoms with Crippen molar-refractivity contribution in [2.24, 2.45) is 0 Å². The minimum absolute atomic E-state index is 0.0602. The van der Waals surface area contributed by atoms with Crippen LogP contribution in [0.25, 0.3) is 11.0 Å². The lowest BCUT2D eigenvalue weighted by Gasteiger charge is -1.98. The number of nitrogens with zero attached hydrogens (tertiary/aromatic N) is 3. The molecule has 0 saturated heterocycles. The average Bonchev–Trinajstić information content (AvgIpc) is 2.18. The van der Waals surface area contributed by atoms with Crippen molar-refractivity contribution < 1.29 is 5.03 Å². The van der Waals surface area contributed by atoms with Gasteiger partial charge in [-0.2, -0.15) is 0 Å². The summed E-state index contributed by atoms with van der Waals surface area (Å²) in [7, 11) is 0. The third-order valence-electron chi connectivity index (χ3n) is 1.81. The van der Waals surface area contributed by atoms with Gasteiger partial charge in [-0.1, -0.05) is 4.68 Å². The maximum Gasteiger partial charge on any atom is 0.210 e. The van der Waals surface area contributed by atoms with Crippen LogP contribution in [0, 0.1) is 10.1 Å². The van der Waals surface area contributed by atoms with Crippen LogP contribution in [0.3, 0.4) is 0 Å². The zero-order valence-electron chi connectivity index (χ0n) is 6.95. The SMILES string of the molecule is O=c1ccn([N+](=O)[O-])c2ncccc12. The summed E-state index contributed by atoms with van der Waals surface area (Å²) in [6.45, 7) is 0. The molecule has 6 nitrogen and oxygen atoms in total. The van der Waals surface area contributed by atoms with E-state index in [1.54, 1.807) is 6.07 Å². The van der Waals surface area contributed by atoms with Gasteiger partial charge in [0.1, 0.15) is 0 Å². The van der Waals surface area contributed by atoms with Gasteiger partial charge in [0.15, 0.2) is 10.5 Å². The van der Waals surface area contributed by atoms with E-state index in [4.69, 9.17) is 0 Å². The van der Waals surface area contributed by atoms with Crippen molar-refractivity contribution in [2.75, 3.05) is 0 Å². The molecule has 0 atom stereocenters. The topological polar surface area (TPSA) is 78.0 Å². The van der Waals surface area contributed by atoms with E-state index in [2.05, 4.69) is 4.98 Å². The minimum Gasteiger partial charge on any atom is -0.289 e. The summed E-state index contributed by atoms with van der Waals surface area (Å²) in [5, 5.41) is 10.2. The quantitative estimate of drug-likeness (QED) is 0.483. The van der Waals surface area contributed by atoms with Gasteiger partial charge in [-0.25, -0.2) is 15.1 Å². The molecule has 2 heterocycles. The Balaban J connectivity index is 2.96. The Hall–Kier alpha value is -2.24. The largest absolute Gasteiger partial charge is 0.289 e. The molecule has 0 aliphatic rings. The summed E-state index contributed by atoms with van der Waals surface area (Å²) in [6, 6.07) is 4.21. The number of nitro groups is 1. The number of rotatable bonds is 1. The third-order valence-corrected chi connectivity index (χ3v) is 1.81. The molecule has 0 N–H and O–H groups in total. The maximum absolute atomic E-state index is 11.3. The standard InChI is InChI=1S/C8H5N3O3/c12-7-3-5-10(11(13)14)8-6(7)2-1-4-9-8/h1-5H. The van der Waals surface area contributed by atoms with E-state index in [1.165, 1.54) is 12.3 Å². The van der Waals surface area contributed by atoms with Crippen LogP contribution in [0.1, 0.15) is 0 Å². The fraction of sp³-hybridized carbons (Fsp3) is 0. The molecule has 2 rings (SSSR count). The highest BCUT2D eigenvalue weighted by Crippen LogP contribution is 2.04. The van der Waals surface area contributed by atoms with Gasteiger partial charge < -0.3 is 0 Å². The Labute approximate surface area is 77.5 Å². The molecule has 0 fully saturated rings. The van der Waals surface area contributed by atoms with Gasteiger partial charge in [-0.3, -0.25) is 4.79 Å². The van der Waals surface area contributed by atoms with Crippen molar-refractivity contribution in [1.82, 2.24) is 9.66 Å². The van der Waals surface area contributed by atoms with Crippen LogP contribution < -0.4 is 5.43 Å². The van der Waals surface area contributed by atoms with Crippen molar-refractivity contribution in [3.8, 4) is 0 Å². The van der Waals surface area contributed by atoms with E-state index in [0.29, 0.717) is 0 Å². The summed E-state index contributed by atoms with van der Waals surface area (Å²) >= 11 is 0. The molecule has 0 aliphatic heterocycles. The molecular weight excluding hydrogens is 186 g/mol.